The summed E-state index contributed by atoms with van der Waals surface area (Å²) in [5, 5.41) is 0.780. The van der Waals surface area contributed by atoms with Crippen LogP contribution in [-0.4, -0.2) is 9.55 Å². The highest BCUT2D eigenvalue weighted by Gasteiger charge is 2.01. The van der Waals surface area contributed by atoms with E-state index in [1.807, 2.05) is 22.9 Å². The predicted molar refractivity (Wildman–Crippen MR) is 60.4 cm³/mol. The van der Waals surface area contributed by atoms with Crippen molar-refractivity contribution in [2.75, 3.05) is 0 Å². The van der Waals surface area contributed by atoms with Crippen LogP contribution in [0.2, 0.25) is 0 Å². The lowest BCUT2D eigenvalue weighted by atomic mass is 10.4. The van der Waals surface area contributed by atoms with Gasteiger partial charge in [-0.3, -0.25) is 0 Å². The molecule has 0 N–H and O–H groups in total. The van der Waals surface area contributed by atoms with E-state index in [1.165, 1.54) is 0 Å². The van der Waals surface area contributed by atoms with E-state index in [1.54, 1.807) is 6.33 Å². The molecule has 0 amide bonds. The molecule has 2 heterocycles. The van der Waals surface area contributed by atoms with Crippen molar-refractivity contribution in [1.29, 1.82) is 0 Å². The Morgan fingerprint density at radius 3 is 2.86 bits per heavy atom. The summed E-state index contributed by atoms with van der Waals surface area (Å²) in [6.07, 6.45) is 3.79. The molecule has 3 nitrogen and oxygen atoms in total. The molecule has 0 aliphatic carbocycles. The second kappa shape index (κ2) is 4.31. The fourth-order valence-corrected chi connectivity index (χ4v) is 1.81. The molecule has 0 spiro atoms. The average Bonchev–Trinajstić information content (AvgIpc) is 2.76. The number of alkyl halides is 1. The fourth-order valence-electron chi connectivity index (χ4n) is 1.18. The first-order valence-corrected chi connectivity index (χ1v) is 6.00. The predicted octanol–water partition coefficient (Wildman–Crippen LogP) is 3.18. The van der Waals surface area contributed by atoms with E-state index in [2.05, 4.69) is 36.8 Å². The Morgan fingerprint density at radius 2 is 2.29 bits per heavy atom. The molecular formula is C9H8Br2N2O. The second-order valence-electron chi connectivity index (χ2n) is 2.88. The van der Waals surface area contributed by atoms with Gasteiger partial charge in [-0.05, 0) is 28.1 Å². The van der Waals surface area contributed by atoms with Gasteiger partial charge in [0, 0.05) is 11.5 Å². The SMILES string of the molecule is BrCc1cn(Cc2ccc(Br)o2)cn1. The Labute approximate surface area is 98.4 Å². The van der Waals surface area contributed by atoms with Crippen molar-refractivity contribution in [2.24, 2.45) is 0 Å². The molecular weight excluding hydrogens is 312 g/mol. The smallest absolute Gasteiger partial charge is 0.169 e. The molecule has 5 heteroatoms. The first-order valence-electron chi connectivity index (χ1n) is 4.09. The highest BCUT2D eigenvalue weighted by Crippen LogP contribution is 2.15. The Morgan fingerprint density at radius 1 is 1.43 bits per heavy atom. The molecule has 0 unspecified atom stereocenters. The molecule has 0 aliphatic heterocycles. The molecule has 0 aliphatic rings. The van der Waals surface area contributed by atoms with Gasteiger partial charge in [0.2, 0.25) is 0 Å². The molecule has 0 saturated carbocycles. The third-order valence-electron chi connectivity index (χ3n) is 1.79. The second-order valence-corrected chi connectivity index (χ2v) is 4.22. The van der Waals surface area contributed by atoms with Gasteiger partial charge in [-0.2, -0.15) is 0 Å². The summed E-state index contributed by atoms with van der Waals surface area (Å²) < 4.78 is 8.13. The van der Waals surface area contributed by atoms with Crippen molar-refractivity contribution in [3.63, 3.8) is 0 Å². The van der Waals surface area contributed by atoms with Gasteiger partial charge in [-0.15, -0.1) is 0 Å². The van der Waals surface area contributed by atoms with Crippen LogP contribution >= 0.6 is 31.9 Å². The van der Waals surface area contributed by atoms with Gasteiger partial charge in [0.15, 0.2) is 4.67 Å². The monoisotopic (exact) mass is 318 g/mol. The van der Waals surface area contributed by atoms with Gasteiger partial charge < -0.3 is 8.98 Å². The van der Waals surface area contributed by atoms with E-state index in [4.69, 9.17) is 4.42 Å². The maximum Gasteiger partial charge on any atom is 0.169 e. The summed E-state index contributed by atoms with van der Waals surface area (Å²) in [6.45, 7) is 0.714. The first-order chi connectivity index (χ1) is 6.78. The molecule has 2 rings (SSSR count). The molecule has 14 heavy (non-hydrogen) atoms. The van der Waals surface area contributed by atoms with Gasteiger partial charge in [-0.25, -0.2) is 4.98 Å². The van der Waals surface area contributed by atoms with Crippen LogP contribution in [0.1, 0.15) is 11.5 Å². The molecule has 0 fully saturated rings. The Kier molecular flexibility index (Phi) is 3.08. The normalized spacial score (nSPS) is 10.7. The highest BCUT2D eigenvalue weighted by molar-refractivity contribution is 9.10. The molecule has 0 saturated heterocycles. The minimum atomic E-state index is 0.714. The standard InChI is InChI=1S/C9H8Br2N2O/c10-3-7-4-13(6-12-7)5-8-1-2-9(11)14-8/h1-2,4,6H,3,5H2. The minimum Gasteiger partial charge on any atom is -0.452 e. The summed E-state index contributed by atoms with van der Waals surface area (Å²) in [7, 11) is 0. The third kappa shape index (κ3) is 2.27. The number of rotatable bonds is 3. The number of nitrogens with zero attached hydrogens (tertiary/aromatic N) is 2. The van der Waals surface area contributed by atoms with E-state index >= 15 is 0 Å². The van der Waals surface area contributed by atoms with Crippen LogP contribution in [0.4, 0.5) is 0 Å². The third-order valence-corrected chi connectivity index (χ3v) is 2.79. The number of hydrogen-bond acceptors (Lipinski definition) is 2. The molecule has 0 atom stereocenters. The van der Waals surface area contributed by atoms with E-state index in [-0.39, 0.29) is 0 Å². The van der Waals surface area contributed by atoms with Crippen molar-refractivity contribution in [3.05, 3.63) is 40.8 Å². The van der Waals surface area contributed by atoms with Crippen molar-refractivity contribution >= 4 is 31.9 Å². The van der Waals surface area contributed by atoms with Gasteiger partial charge in [0.25, 0.3) is 0 Å². The van der Waals surface area contributed by atoms with Crippen LogP contribution in [0.5, 0.6) is 0 Å². The Balaban J connectivity index is 2.10. The number of imidazole rings is 1. The van der Waals surface area contributed by atoms with Gasteiger partial charge >= 0.3 is 0 Å². The Hall–Kier alpha value is -0.550. The van der Waals surface area contributed by atoms with Crippen molar-refractivity contribution in [2.45, 2.75) is 11.9 Å². The Bertz CT molecular complexity index is 422. The van der Waals surface area contributed by atoms with Crippen LogP contribution in [0, 0.1) is 0 Å². The maximum absolute atomic E-state index is 5.39. The summed E-state index contributed by atoms with van der Waals surface area (Å²) in [5.41, 5.74) is 1.02. The lowest BCUT2D eigenvalue weighted by molar-refractivity contribution is 0.474. The average molecular weight is 320 g/mol. The summed E-state index contributed by atoms with van der Waals surface area (Å²) in [4.78, 5) is 4.20. The van der Waals surface area contributed by atoms with Gasteiger partial charge in [0.05, 0.1) is 18.6 Å². The van der Waals surface area contributed by atoms with Crippen molar-refractivity contribution < 1.29 is 4.42 Å². The van der Waals surface area contributed by atoms with E-state index < -0.39 is 0 Å². The van der Waals surface area contributed by atoms with Crippen LogP contribution in [0.15, 0.2) is 33.7 Å². The molecule has 2 aromatic rings. The lowest BCUT2D eigenvalue weighted by Gasteiger charge is -1.96. The largest absolute Gasteiger partial charge is 0.452 e. The maximum atomic E-state index is 5.39. The van der Waals surface area contributed by atoms with Gasteiger partial charge in [0.1, 0.15) is 5.76 Å². The summed E-state index contributed by atoms with van der Waals surface area (Å²) >= 11 is 6.62. The van der Waals surface area contributed by atoms with E-state index in [0.29, 0.717) is 6.54 Å². The van der Waals surface area contributed by atoms with Crippen molar-refractivity contribution in [1.82, 2.24) is 9.55 Å². The van der Waals surface area contributed by atoms with E-state index in [9.17, 15) is 0 Å². The summed E-state index contributed by atoms with van der Waals surface area (Å²) in [5.74, 6) is 0.912. The molecule has 0 aromatic carbocycles. The minimum absolute atomic E-state index is 0.714. The number of aromatic nitrogens is 2. The zero-order valence-corrected chi connectivity index (χ0v) is 10.5. The zero-order valence-electron chi connectivity index (χ0n) is 7.28. The van der Waals surface area contributed by atoms with Crippen LogP contribution in [-0.2, 0) is 11.9 Å². The molecule has 2 aromatic heterocycles. The number of halogens is 2. The molecule has 74 valence electrons. The lowest BCUT2D eigenvalue weighted by Crippen LogP contribution is -1.94. The van der Waals surface area contributed by atoms with Crippen LogP contribution in [0.25, 0.3) is 0 Å². The molecule has 0 bridgehead atoms. The van der Waals surface area contributed by atoms with Gasteiger partial charge in [-0.1, -0.05) is 15.9 Å². The van der Waals surface area contributed by atoms with Crippen molar-refractivity contribution in [3.8, 4) is 0 Å². The van der Waals surface area contributed by atoms with E-state index in [0.717, 1.165) is 21.5 Å². The van der Waals surface area contributed by atoms with Crippen LogP contribution < -0.4 is 0 Å². The number of furan rings is 1. The highest BCUT2D eigenvalue weighted by atomic mass is 79.9. The quantitative estimate of drug-likeness (QED) is 0.814. The number of hydrogen-bond donors (Lipinski definition) is 0. The molecule has 0 radical (unpaired) electrons. The first kappa shape index (κ1) is 9.98. The summed E-state index contributed by atoms with van der Waals surface area (Å²) in [6, 6.07) is 3.83. The fraction of sp³-hybridized carbons (Fsp3) is 0.222. The zero-order chi connectivity index (χ0) is 9.97. The topological polar surface area (TPSA) is 31.0 Å². The van der Waals surface area contributed by atoms with Crippen LogP contribution in [0.3, 0.4) is 0 Å².